The highest BCUT2D eigenvalue weighted by Gasteiger charge is 2.26. The lowest BCUT2D eigenvalue weighted by atomic mass is 9.83. The van der Waals surface area contributed by atoms with Crippen LogP contribution in [-0.4, -0.2) is 11.9 Å². The molecule has 0 spiro atoms. The standard InChI is InChI=1S/C15H18F3NO/c1-2-9-5-3-4-6-13(9)19-15(20)10-7-11(16)14(18)12(17)8-10/h7-9,13H,2-6H2,1H3,(H,19,20). The van der Waals surface area contributed by atoms with Crippen molar-refractivity contribution in [2.75, 3.05) is 0 Å². The van der Waals surface area contributed by atoms with Crippen LogP contribution in [0.3, 0.4) is 0 Å². The predicted octanol–water partition coefficient (Wildman–Crippen LogP) is 3.80. The molecule has 2 atom stereocenters. The Morgan fingerprint density at radius 3 is 2.40 bits per heavy atom. The van der Waals surface area contributed by atoms with Gasteiger partial charge in [-0.25, -0.2) is 13.2 Å². The molecule has 1 aromatic carbocycles. The van der Waals surface area contributed by atoms with Crippen molar-refractivity contribution >= 4 is 5.91 Å². The summed E-state index contributed by atoms with van der Waals surface area (Å²) in [6.07, 6.45) is 5.05. The van der Waals surface area contributed by atoms with E-state index in [0.29, 0.717) is 5.92 Å². The van der Waals surface area contributed by atoms with Gasteiger partial charge in [-0.1, -0.05) is 26.2 Å². The van der Waals surface area contributed by atoms with Crippen molar-refractivity contribution in [2.24, 2.45) is 5.92 Å². The first kappa shape index (κ1) is 14.9. The summed E-state index contributed by atoms with van der Waals surface area (Å²) in [5.74, 6) is -4.39. The molecule has 1 amide bonds. The Kier molecular flexibility index (Phi) is 4.68. The molecule has 2 nitrogen and oxygen atoms in total. The van der Waals surface area contributed by atoms with E-state index in [2.05, 4.69) is 12.2 Å². The molecule has 0 heterocycles. The van der Waals surface area contributed by atoms with Gasteiger partial charge in [0.1, 0.15) is 0 Å². The number of hydrogen-bond acceptors (Lipinski definition) is 1. The first-order chi connectivity index (χ1) is 9.52. The molecule has 1 aliphatic carbocycles. The van der Waals surface area contributed by atoms with Crippen molar-refractivity contribution < 1.29 is 18.0 Å². The van der Waals surface area contributed by atoms with E-state index in [-0.39, 0.29) is 11.6 Å². The van der Waals surface area contributed by atoms with Crippen molar-refractivity contribution in [3.8, 4) is 0 Å². The minimum atomic E-state index is -1.55. The molecule has 0 aliphatic heterocycles. The van der Waals surface area contributed by atoms with Gasteiger partial charge in [-0.15, -0.1) is 0 Å². The number of nitrogens with one attached hydrogen (secondary N) is 1. The number of rotatable bonds is 3. The van der Waals surface area contributed by atoms with E-state index in [0.717, 1.165) is 44.2 Å². The molecule has 1 aromatic rings. The normalized spacial score (nSPS) is 22.6. The molecule has 1 fully saturated rings. The summed E-state index contributed by atoms with van der Waals surface area (Å²) in [4.78, 5) is 12.0. The molecular formula is C15H18F3NO. The van der Waals surface area contributed by atoms with Gasteiger partial charge >= 0.3 is 0 Å². The highest BCUT2D eigenvalue weighted by Crippen LogP contribution is 2.27. The number of benzene rings is 1. The second-order valence-corrected chi connectivity index (χ2v) is 5.29. The Bertz CT molecular complexity index is 481. The van der Waals surface area contributed by atoms with Crippen molar-refractivity contribution in [2.45, 2.75) is 45.1 Å². The highest BCUT2D eigenvalue weighted by atomic mass is 19.2. The van der Waals surface area contributed by atoms with Gasteiger partial charge < -0.3 is 5.32 Å². The fourth-order valence-corrected chi connectivity index (χ4v) is 2.82. The molecule has 2 unspecified atom stereocenters. The van der Waals surface area contributed by atoms with Crippen LogP contribution in [0.15, 0.2) is 12.1 Å². The SMILES string of the molecule is CCC1CCCCC1NC(=O)c1cc(F)c(F)c(F)c1. The van der Waals surface area contributed by atoms with Crippen LogP contribution in [0.25, 0.3) is 0 Å². The average Bonchev–Trinajstić information content (AvgIpc) is 2.44. The summed E-state index contributed by atoms with van der Waals surface area (Å²) in [6.45, 7) is 2.06. The molecule has 2 rings (SSSR count). The fraction of sp³-hybridized carbons (Fsp3) is 0.533. The van der Waals surface area contributed by atoms with Gasteiger partial charge in [-0.3, -0.25) is 4.79 Å². The van der Waals surface area contributed by atoms with Crippen LogP contribution in [-0.2, 0) is 0 Å². The van der Waals surface area contributed by atoms with Crippen LogP contribution >= 0.6 is 0 Å². The smallest absolute Gasteiger partial charge is 0.251 e. The van der Waals surface area contributed by atoms with Crippen LogP contribution in [0.2, 0.25) is 0 Å². The number of hydrogen-bond donors (Lipinski definition) is 1. The van der Waals surface area contributed by atoms with Crippen LogP contribution < -0.4 is 5.32 Å². The van der Waals surface area contributed by atoms with E-state index in [4.69, 9.17) is 0 Å². The lowest BCUT2D eigenvalue weighted by Gasteiger charge is -2.31. The van der Waals surface area contributed by atoms with Crippen LogP contribution in [0.1, 0.15) is 49.4 Å². The quantitative estimate of drug-likeness (QED) is 0.841. The molecule has 20 heavy (non-hydrogen) atoms. The number of halogens is 3. The molecular weight excluding hydrogens is 267 g/mol. The molecule has 1 N–H and O–H groups in total. The number of amides is 1. The van der Waals surface area contributed by atoms with E-state index in [9.17, 15) is 18.0 Å². The van der Waals surface area contributed by atoms with Gasteiger partial charge in [0, 0.05) is 11.6 Å². The van der Waals surface area contributed by atoms with Crippen LogP contribution in [0, 0.1) is 23.4 Å². The molecule has 0 saturated heterocycles. The van der Waals surface area contributed by atoms with Gasteiger partial charge in [-0.2, -0.15) is 0 Å². The van der Waals surface area contributed by atoms with E-state index in [1.807, 2.05) is 0 Å². The number of carbonyl (C=O) groups excluding carboxylic acids is 1. The van der Waals surface area contributed by atoms with Crippen molar-refractivity contribution in [3.05, 3.63) is 35.1 Å². The largest absolute Gasteiger partial charge is 0.349 e. The van der Waals surface area contributed by atoms with Crippen molar-refractivity contribution in [1.29, 1.82) is 0 Å². The van der Waals surface area contributed by atoms with Crippen molar-refractivity contribution in [3.63, 3.8) is 0 Å². The topological polar surface area (TPSA) is 29.1 Å². The van der Waals surface area contributed by atoms with E-state index in [1.165, 1.54) is 0 Å². The van der Waals surface area contributed by atoms with E-state index < -0.39 is 23.4 Å². The molecule has 0 bridgehead atoms. The van der Waals surface area contributed by atoms with Crippen molar-refractivity contribution in [1.82, 2.24) is 5.32 Å². The zero-order chi connectivity index (χ0) is 14.7. The third-order valence-electron chi connectivity index (χ3n) is 4.00. The molecule has 0 radical (unpaired) electrons. The van der Waals surface area contributed by atoms with E-state index >= 15 is 0 Å². The Labute approximate surface area is 116 Å². The minimum Gasteiger partial charge on any atom is -0.349 e. The summed E-state index contributed by atoms with van der Waals surface area (Å²) < 4.78 is 39.1. The summed E-state index contributed by atoms with van der Waals surface area (Å²) in [5.41, 5.74) is -0.179. The summed E-state index contributed by atoms with van der Waals surface area (Å²) in [7, 11) is 0. The minimum absolute atomic E-state index is 0.0254. The maximum Gasteiger partial charge on any atom is 0.251 e. The van der Waals surface area contributed by atoms with Gasteiger partial charge in [0.05, 0.1) is 0 Å². The lowest BCUT2D eigenvalue weighted by Crippen LogP contribution is -2.42. The monoisotopic (exact) mass is 285 g/mol. The summed E-state index contributed by atoms with van der Waals surface area (Å²) in [6, 6.07) is 1.49. The predicted molar refractivity (Wildman–Crippen MR) is 69.8 cm³/mol. The average molecular weight is 285 g/mol. The molecule has 110 valence electrons. The first-order valence-electron chi connectivity index (χ1n) is 6.98. The zero-order valence-electron chi connectivity index (χ0n) is 11.4. The van der Waals surface area contributed by atoms with Gasteiger partial charge in [0.25, 0.3) is 5.91 Å². The molecule has 1 aliphatic rings. The second-order valence-electron chi connectivity index (χ2n) is 5.29. The Morgan fingerprint density at radius 1 is 1.20 bits per heavy atom. The van der Waals surface area contributed by atoms with Crippen LogP contribution in [0.4, 0.5) is 13.2 Å². The first-order valence-corrected chi connectivity index (χ1v) is 6.98. The highest BCUT2D eigenvalue weighted by molar-refractivity contribution is 5.94. The maximum atomic E-state index is 13.1. The van der Waals surface area contributed by atoms with Gasteiger partial charge in [0.15, 0.2) is 17.5 Å². The van der Waals surface area contributed by atoms with Crippen LogP contribution in [0.5, 0.6) is 0 Å². The number of carbonyl (C=O) groups is 1. The Hall–Kier alpha value is -1.52. The third kappa shape index (κ3) is 3.14. The maximum absolute atomic E-state index is 13.1. The van der Waals surface area contributed by atoms with E-state index in [1.54, 1.807) is 0 Å². The zero-order valence-corrected chi connectivity index (χ0v) is 11.4. The third-order valence-corrected chi connectivity index (χ3v) is 4.00. The van der Waals surface area contributed by atoms with Gasteiger partial charge in [0.2, 0.25) is 0 Å². The Morgan fingerprint density at radius 2 is 1.80 bits per heavy atom. The Balaban J connectivity index is 2.11. The molecule has 5 heteroatoms. The lowest BCUT2D eigenvalue weighted by molar-refractivity contribution is 0.0903. The van der Waals surface area contributed by atoms with Gasteiger partial charge in [-0.05, 0) is 30.9 Å². The molecule has 1 saturated carbocycles. The fourth-order valence-electron chi connectivity index (χ4n) is 2.82. The molecule has 0 aromatic heterocycles. The second kappa shape index (κ2) is 6.29. The summed E-state index contributed by atoms with van der Waals surface area (Å²) in [5, 5.41) is 2.82. The summed E-state index contributed by atoms with van der Waals surface area (Å²) >= 11 is 0.